The minimum atomic E-state index is -1.05. The number of unbranched alkanes of at least 4 members (excludes halogenated alkanes) is 2. The number of rotatable bonds is 13. The SMILES string of the molecule is C=CCCCCC(=O)N(Cc1ccc(C)cc1)C1CC(C(=O)NCCO)=CC(Oc2ccccc2I)C1O. The van der Waals surface area contributed by atoms with Crippen LogP contribution in [0.3, 0.4) is 0 Å². The number of benzene rings is 2. The summed E-state index contributed by atoms with van der Waals surface area (Å²) in [5.74, 6) is 0.162. The van der Waals surface area contributed by atoms with E-state index in [4.69, 9.17) is 4.74 Å². The van der Waals surface area contributed by atoms with Crippen LogP contribution in [0.5, 0.6) is 5.75 Å². The van der Waals surface area contributed by atoms with Gasteiger partial charge in [0.15, 0.2) is 0 Å². The molecule has 7 nitrogen and oxygen atoms in total. The number of ether oxygens (including phenoxy) is 1. The molecule has 2 aromatic carbocycles. The van der Waals surface area contributed by atoms with E-state index in [-0.39, 0.29) is 31.4 Å². The maximum absolute atomic E-state index is 13.6. The van der Waals surface area contributed by atoms with Crippen LogP contribution in [0, 0.1) is 10.5 Å². The van der Waals surface area contributed by atoms with Crippen LogP contribution in [0.15, 0.2) is 72.8 Å². The van der Waals surface area contributed by atoms with Gasteiger partial charge in [-0.25, -0.2) is 0 Å². The topological polar surface area (TPSA) is 99.1 Å². The summed E-state index contributed by atoms with van der Waals surface area (Å²) in [5.41, 5.74) is 2.47. The third-order valence-corrected chi connectivity index (χ3v) is 7.45. The lowest BCUT2D eigenvalue weighted by Crippen LogP contribution is -2.54. The van der Waals surface area contributed by atoms with E-state index in [9.17, 15) is 19.8 Å². The Kier molecular flexibility index (Phi) is 11.8. The Morgan fingerprint density at radius 3 is 2.61 bits per heavy atom. The minimum absolute atomic E-state index is 0.0799. The van der Waals surface area contributed by atoms with Crippen LogP contribution in [0.25, 0.3) is 0 Å². The molecule has 2 amide bonds. The van der Waals surface area contributed by atoms with Crippen LogP contribution < -0.4 is 10.1 Å². The number of carbonyl (C=O) groups excluding carboxylic acids is 2. The van der Waals surface area contributed by atoms with E-state index in [2.05, 4.69) is 34.5 Å². The number of aryl methyl sites for hydroxylation is 1. The molecule has 0 radical (unpaired) electrons. The van der Waals surface area contributed by atoms with Gasteiger partial charge in [-0.1, -0.05) is 48.0 Å². The fourth-order valence-corrected chi connectivity index (χ4v) is 4.97. The normalized spacial score (nSPS) is 18.8. The lowest BCUT2D eigenvalue weighted by Gasteiger charge is -2.40. The highest BCUT2D eigenvalue weighted by Gasteiger charge is 2.40. The van der Waals surface area contributed by atoms with Crippen molar-refractivity contribution in [3.8, 4) is 5.75 Å². The molecule has 0 aliphatic heterocycles. The minimum Gasteiger partial charge on any atom is -0.482 e. The van der Waals surface area contributed by atoms with E-state index in [1.165, 1.54) is 0 Å². The second-order valence-corrected chi connectivity index (χ2v) is 10.7. The van der Waals surface area contributed by atoms with Crippen LogP contribution in [0.2, 0.25) is 0 Å². The zero-order valence-corrected chi connectivity index (χ0v) is 24.0. The first-order chi connectivity index (χ1) is 18.3. The first kappa shape index (κ1) is 29.9. The van der Waals surface area contributed by atoms with Gasteiger partial charge in [0.05, 0.1) is 16.2 Å². The summed E-state index contributed by atoms with van der Waals surface area (Å²) in [6.07, 6.45) is 4.49. The highest BCUT2D eigenvalue weighted by atomic mass is 127. The molecule has 2 aromatic rings. The number of amides is 2. The highest BCUT2D eigenvalue weighted by Crippen LogP contribution is 2.31. The van der Waals surface area contributed by atoms with E-state index >= 15 is 0 Å². The fraction of sp³-hybridized carbons (Fsp3) is 0.400. The number of allylic oxidation sites excluding steroid dienone is 1. The first-order valence-electron chi connectivity index (χ1n) is 13.0. The Hall–Kier alpha value is -2.69. The van der Waals surface area contributed by atoms with Crippen molar-refractivity contribution in [3.05, 3.63) is 87.5 Å². The van der Waals surface area contributed by atoms with Crippen molar-refractivity contribution in [1.29, 1.82) is 0 Å². The number of hydrogen-bond donors (Lipinski definition) is 3. The molecule has 3 unspecified atom stereocenters. The molecule has 0 heterocycles. The number of para-hydroxylation sites is 1. The molecule has 3 atom stereocenters. The molecule has 3 rings (SSSR count). The molecule has 204 valence electrons. The quantitative estimate of drug-likeness (QED) is 0.174. The Balaban J connectivity index is 1.94. The van der Waals surface area contributed by atoms with E-state index in [1.54, 1.807) is 11.0 Å². The molecule has 38 heavy (non-hydrogen) atoms. The molecule has 3 N–H and O–H groups in total. The van der Waals surface area contributed by atoms with Crippen molar-refractivity contribution >= 4 is 34.4 Å². The Bertz CT molecular complexity index is 1120. The molecule has 0 bridgehead atoms. The number of halogens is 1. The molecule has 1 aliphatic rings. The predicted octanol–water partition coefficient (Wildman–Crippen LogP) is 4.29. The Labute approximate surface area is 238 Å². The summed E-state index contributed by atoms with van der Waals surface area (Å²) in [5, 5.41) is 23.4. The van der Waals surface area contributed by atoms with Gasteiger partial charge in [0, 0.05) is 31.5 Å². The summed E-state index contributed by atoms with van der Waals surface area (Å²) in [7, 11) is 0. The van der Waals surface area contributed by atoms with Crippen molar-refractivity contribution in [3.63, 3.8) is 0 Å². The van der Waals surface area contributed by atoms with Gasteiger partial charge in [0.2, 0.25) is 11.8 Å². The van der Waals surface area contributed by atoms with Gasteiger partial charge < -0.3 is 25.2 Å². The van der Waals surface area contributed by atoms with Crippen LogP contribution in [0.4, 0.5) is 0 Å². The summed E-state index contributed by atoms with van der Waals surface area (Å²) < 4.78 is 7.08. The summed E-state index contributed by atoms with van der Waals surface area (Å²) in [6.45, 7) is 5.99. The maximum Gasteiger partial charge on any atom is 0.247 e. The molecule has 0 aromatic heterocycles. The number of hydrogen-bond acceptors (Lipinski definition) is 5. The van der Waals surface area contributed by atoms with Crippen molar-refractivity contribution in [2.45, 2.75) is 63.8 Å². The summed E-state index contributed by atoms with van der Waals surface area (Å²) >= 11 is 2.16. The molecule has 0 saturated carbocycles. The smallest absolute Gasteiger partial charge is 0.247 e. The molecule has 0 spiro atoms. The molecule has 1 aliphatic carbocycles. The van der Waals surface area contributed by atoms with Crippen molar-refractivity contribution in [2.24, 2.45) is 0 Å². The molecule has 0 fully saturated rings. The van der Waals surface area contributed by atoms with E-state index in [0.29, 0.717) is 30.7 Å². The third kappa shape index (κ3) is 8.41. The fourth-order valence-electron chi connectivity index (χ4n) is 4.46. The van der Waals surface area contributed by atoms with Gasteiger partial charge in [0.25, 0.3) is 0 Å². The number of nitrogens with one attached hydrogen (secondary N) is 1. The summed E-state index contributed by atoms with van der Waals surface area (Å²) in [6, 6.07) is 14.7. The standard InChI is InChI=1S/C30H37IN2O5/c1-3-4-5-6-11-28(35)33(20-22-14-12-21(2)13-15-22)25-18-23(30(37)32-16-17-34)19-27(29(25)36)38-26-10-8-7-9-24(26)31/h3,7-10,12-15,19,25,27,29,34,36H,1,4-6,11,16-18,20H2,2H3,(H,32,37). The van der Waals surface area contributed by atoms with Crippen LogP contribution in [0.1, 0.15) is 43.2 Å². The first-order valence-corrected chi connectivity index (χ1v) is 14.1. The van der Waals surface area contributed by atoms with Gasteiger partial charge in [-0.15, -0.1) is 6.58 Å². The zero-order chi connectivity index (χ0) is 27.5. The molecule has 8 heteroatoms. The third-order valence-electron chi connectivity index (χ3n) is 6.56. The van der Waals surface area contributed by atoms with Crippen molar-refractivity contribution in [2.75, 3.05) is 13.2 Å². The Morgan fingerprint density at radius 1 is 1.18 bits per heavy atom. The molecular weight excluding hydrogens is 595 g/mol. The van der Waals surface area contributed by atoms with Gasteiger partial charge in [-0.3, -0.25) is 9.59 Å². The van der Waals surface area contributed by atoms with Crippen molar-refractivity contribution in [1.82, 2.24) is 10.2 Å². The monoisotopic (exact) mass is 632 g/mol. The average Bonchev–Trinajstić information content (AvgIpc) is 2.91. The number of nitrogens with zero attached hydrogens (tertiary/aromatic N) is 1. The average molecular weight is 633 g/mol. The van der Waals surface area contributed by atoms with Crippen LogP contribution in [-0.2, 0) is 16.1 Å². The van der Waals surface area contributed by atoms with E-state index in [0.717, 1.165) is 27.5 Å². The highest BCUT2D eigenvalue weighted by molar-refractivity contribution is 14.1. The predicted molar refractivity (Wildman–Crippen MR) is 157 cm³/mol. The van der Waals surface area contributed by atoms with Gasteiger partial charge >= 0.3 is 0 Å². The second-order valence-electron chi connectivity index (χ2n) is 9.49. The van der Waals surface area contributed by atoms with Gasteiger partial charge in [0.1, 0.15) is 18.0 Å². The number of aliphatic hydroxyl groups excluding tert-OH is 2. The maximum atomic E-state index is 13.6. The zero-order valence-electron chi connectivity index (χ0n) is 21.8. The summed E-state index contributed by atoms with van der Waals surface area (Å²) in [4.78, 5) is 28.2. The van der Waals surface area contributed by atoms with Crippen molar-refractivity contribution < 1.29 is 24.5 Å². The number of carbonyl (C=O) groups is 2. The lowest BCUT2D eigenvalue weighted by atomic mass is 9.87. The second kappa shape index (κ2) is 15.0. The lowest BCUT2D eigenvalue weighted by molar-refractivity contribution is -0.139. The van der Waals surface area contributed by atoms with E-state index < -0.39 is 18.2 Å². The van der Waals surface area contributed by atoms with Gasteiger partial charge in [-0.05, 0) is 72.5 Å². The molecule has 0 saturated heterocycles. The molecular formula is C30H37IN2O5. The number of aliphatic hydroxyl groups is 2. The van der Waals surface area contributed by atoms with Crippen LogP contribution >= 0.6 is 22.6 Å². The Morgan fingerprint density at radius 2 is 1.92 bits per heavy atom. The van der Waals surface area contributed by atoms with Gasteiger partial charge in [-0.2, -0.15) is 0 Å². The van der Waals surface area contributed by atoms with E-state index in [1.807, 2.05) is 61.5 Å². The van der Waals surface area contributed by atoms with Crippen LogP contribution in [-0.4, -0.2) is 58.3 Å². The largest absolute Gasteiger partial charge is 0.482 e.